The molecule has 2 atom stereocenters. The Bertz CT molecular complexity index is 285. The van der Waals surface area contributed by atoms with E-state index in [1.807, 2.05) is 0 Å². The van der Waals surface area contributed by atoms with Crippen LogP contribution in [0.1, 0.15) is 31.2 Å². The zero-order valence-corrected chi connectivity index (χ0v) is 12.2. The van der Waals surface area contributed by atoms with Gasteiger partial charge in [0, 0.05) is 0 Å². The molecule has 0 amide bonds. The average molecular weight is 347 g/mol. The standard InChI is InChI=1S/C9H11Br2ClS/c1-3-5(2)8(12)6-4-7(10)13-9(6)11/h4-5,8H,3H2,1-2H3. The Morgan fingerprint density at radius 2 is 2.15 bits per heavy atom. The molecule has 0 aromatic carbocycles. The van der Waals surface area contributed by atoms with Crippen LogP contribution in [0.5, 0.6) is 0 Å². The third-order valence-electron chi connectivity index (χ3n) is 2.12. The first-order valence-electron chi connectivity index (χ1n) is 4.15. The normalized spacial score (nSPS) is 15.8. The van der Waals surface area contributed by atoms with Crippen molar-refractivity contribution in [2.24, 2.45) is 5.92 Å². The molecule has 0 saturated carbocycles. The molecular weight excluding hydrogens is 335 g/mol. The van der Waals surface area contributed by atoms with E-state index >= 15 is 0 Å². The van der Waals surface area contributed by atoms with Gasteiger partial charge in [-0.15, -0.1) is 22.9 Å². The van der Waals surface area contributed by atoms with E-state index in [1.54, 1.807) is 11.3 Å². The Morgan fingerprint density at radius 3 is 2.54 bits per heavy atom. The molecule has 0 nitrogen and oxygen atoms in total. The molecule has 1 heterocycles. The van der Waals surface area contributed by atoms with Gasteiger partial charge in [-0.3, -0.25) is 0 Å². The van der Waals surface area contributed by atoms with E-state index in [2.05, 4.69) is 51.8 Å². The van der Waals surface area contributed by atoms with Crippen molar-refractivity contribution in [1.29, 1.82) is 0 Å². The third-order valence-corrected chi connectivity index (χ3v) is 5.17. The minimum atomic E-state index is 0.113. The maximum absolute atomic E-state index is 6.33. The maximum atomic E-state index is 6.33. The predicted octanol–water partition coefficient (Wildman–Crippen LogP) is 5.60. The highest BCUT2D eigenvalue weighted by Crippen LogP contribution is 2.41. The largest absolute Gasteiger partial charge is 0.121 e. The van der Waals surface area contributed by atoms with Crippen molar-refractivity contribution in [2.75, 3.05) is 0 Å². The van der Waals surface area contributed by atoms with E-state index in [9.17, 15) is 0 Å². The summed E-state index contributed by atoms with van der Waals surface area (Å²) in [5.41, 5.74) is 1.20. The molecule has 1 aromatic rings. The lowest BCUT2D eigenvalue weighted by Gasteiger charge is -2.15. The predicted molar refractivity (Wildman–Crippen MR) is 67.8 cm³/mol. The van der Waals surface area contributed by atoms with E-state index in [-0.39, 0.29) is 5.38 Å². The molecule has 0 bridgehead atoms. The van der Waals surface area contributed by atoms with Gasteiger partial charge < -0.3 is 0 Å². The minimum absolute atomic E-state index is 0.113. The fraction of sp³-hybridized carbons (Fsp3) is 0.556. The van der Waals surface area contributed by atoms with Crippen molar-refractivity contribution in [3.05, 3.63) is 19.2 Å². The van der Waals surface area contributed by atoms with E-state index in [0.29, 0.717) is 5.92 Å². The van der Waals surface area contributed by atoms with Crippen molar-refractivity contribution in [3.8, 4) is 0 Å². The van der Waals surface area contributed by atoms with Crippen molar-refractivity contribution in [1.82, 2.24) is 0 Å². The summed E-state index contributed by atoms with van der Waals surface area (Å²) in [7, 11) is 0. The zero-order chi connectivity index (χ0) is 10.0. The van der Waals surface area contributed by atoms with Crippen LogP contribution in [-0.2, 0) is 0 Å². The molecule has 0 aliphatic carbocycles. The lowest BCUT2D eigenvalue weighted by atomic mass is 10.0. The lowest BCUT2D eigenvalue weighted by molar-refractivity contribution is 0.542. The van der Waals surface area contributed by atoms with Crippen molar-refractivity contribution in [3.63, 3.8) is 0 Å². The van der Waals surface area contributed by atoms with Gasteiger partial charge in [-0.1, -0.05) is 20.3 Å². The van der Waals surface area contributed by atoms with E-state index in [0.717, 1.165) is 14.0 Å². The number of rotatable bonds is 3. The van der Waals surface area contributed by atoms with Gasteiger partial charge in [0.2, 0.25) is 0 Å². The average Bonchev–Trinajstić information content (AvgIpc) is 2.42. The third kappa shape index (κ3) is 2.95. The monoisotopic (exact) mass is 344 g/mol. The lowest BCUT2D eigenvalue weighted by Crippen LogP contribution is -2.01. The highest BCUT2D eigenvalue weighted by molar-refractivity contribution is 9.12. The molecular formula is C9H11Br2ClS. The summed E-state index contributed by atoms with van der Waals surface area (Å²) in [6.07, 6.45) is 1.11. The Morgan fingerprint density at radius 1 is 1.54 bits per heavy atom. The molecule has 74 valence electrons. The van der Waals surface area contributed by atoms with Gasteiger partial charge in [0.05, 0.1) is 12.9 Å². The molecule has 0 aliphatic rings. The van der Waals surface area contributed by atoms with Gasteiger partial charge in [0.1, 0.15) is 0 Å². The second-order valence-corrected chi connectivity index (χ2v) is 7.29. The van der Waals surface area contributed by atoms with Gasteiger partial charge >= 0.3 is 0 Å². The van der Waals surface area contributed by atoms with Gasteiger partial charge in [0.15, 0.2) is 0 Å². The zero-order valence-electron chi connectivity index (χ0n) is 7.48. The fourth-order valence-electron chi connectivity index (χ4n) is 1.05. The Kier molecular flexibility index (Phi) is 4.76. The number of thiophene rings is 1. The van der Waals surface area contributed by atoms with Gasteiger partial charge in [-0.2, -0.15) is 0 Å². The summed E-state index contributed by atoms with van der Waals surface area (Å²) in [6, 6.07) is 2.10. The fourth-order valence-corrected chi connectivity index (χ4v) is 4.53. The molecule has 0 N–H and O–H groups in total. The summed E-state index contributed by atoms with van der Waals surface area (Å²) >= 11 is 15.0. The molecule has 2 unspecified atom stereocenters. The van der Waals surface area contributed by atoms with Crippen molar-refractivity contribution >= 4 is 54.8 Å². The van der Waals surface area contributed by atoms with Crippen LogP contribution >= 0.6 is 54.8 Å². The second kappa shape index (κ2) is 5.15. The SMILES string of the molecule is CCC(C)C(Cl)c1cc(Br)sc1Br. The van der Waals surface area contributed by atoms with Gasteiger partial charge in [-0.25, -0.2) is 0 Å². The Labute approximate surface area is 105 Å². The van der Waals surface area contributed by atoms with Crippen LogP contribution < -0.4 is 0 Å². The van der Waals surface area contributed by atoms with Crippen LogP contribution in [0.4, 0.5) is 0 Å². The Hall–Kier alpha value is 0.950. The number of halogens is 3. The second-order valence-electron chi connectivity index (χ2n) is 3.07. The van der Waals surface area contributed by atoms with Crippen LogP contribution in [-0.4, -0.2) is 0 Å². The first kappa shape index (κ1) is 12.0. The van der Waals surface area contributed by atoms with E-state index < -0.39 is 0 Å². The quantitative estimate of drug-likeness (QED) is 0.625. The summed E-state index contributed by atoms with van der Waals surface area (Å²) in [6.45, 7) is 4.34. The highest BCUT2D eigenvalue weighted by atomic mass is 79.9. The number of hydrogen-bond acceptors (Lipinski definition) is 1. The van der Waals surface area contributed by atoms with Crippen LogP contribution in [0.25, 0.3) is 0 Å². The first-order chi connectivity index (χ1) is 6.06. The molecule has 13 heavy (non-hydrogen) atoms. The highest BCUT2D eigenvalue weighted by Gasteiger charge is 2.19. The molecule has 4 heteroatoms. The molecule has 1 aromatic heterocycles. The summed E-state index contributed by atoms with van der Waals surface area (Å²) in [4.78, 5) is 0. The summed E-state index contributed by atoms with van der Waals surface area (Å²) in [5.74, 6) is 0.513. The molecule has 0 saturated heterocycles. The molecule has 1 rings (SSSR count). The van der Waals surface area contributed by atoms with Crippen LogP contribution in [0.3, 0.4) is 0 Å². The topological polar surface area (TPSA) is 0 Å². The van der Waals surface area contributed by atoms with Gasteiger partial charge in [0.25, 0.3) is 0 Å². The molecule has 0 aliphatic heterocycles. The van der Waals surface area contributed by atoms with Crippen LogP contribution in [0.2, 0.25) is 0 Å². The van der Waals surface area contributed by atoms with Crippen molar-refractivity contribution < 1.29 is 0 Å². The summed E-state index contributed by atoms with van der Waals surface area (Å²) < 4.78 is 2.27. The number of hydrogen-bond donors (Lipinski definition) is 0. The smallest absolute Gasteiger partial charge is 0.0757 e. The minimum Gasteiger partial charge on any atom is -0.121 e. The first-order valence-corrected chi connectivity index (χ1v) is 6.99. The molecule has 0 fully saturated rings. The molecule has 0 radical (unpaired) electrons. The maximum Gasteiger partial charge on any atom is 0.0757 e. The Balaban J connectivity index is 2.87. The summed E-state index contributed by atoms with van der Waals surface area (Å²) in [5, 5.41) is 0.113. The van der Waals surface area contributed by atoms with Crippen molar-refractivity contribution in [2.45, 2.75) is 25.6 Å². The number of alkyl halides is 1. The van der Waals surface area contributed by atoms with E-state index in [4.69, 9.17) is 11.6 Å². The van der Waals surface area contributed by atoms with Crippen LogP contribution in [0, 0.1) is 5.92 Å². The van der Waals surface area contributed by atoms with E-state index in [1.165, 1.54) is 5.56 Å². The molecule has 0 spiro atoms. The van der Waals surface area contributed by atoms with Crippen LogP contribution in [0.15, 0.2) is 13.6 Å². The van der Waals surface area contributed by atoms with Gasteiger partial charge in [-0.05, 0) is 49.4 Å².